The molecule has 0 aliphatic carbocycles. The van der Waals surface area contributed by atoms with Crippen molar-refractivity contribution in [3.05, 3.63) is 69.1 Å². The predicted molar refractivity (Wildman–Crippen MR) is 106 cm³/mol. The van der Waals surface area contributed by atoms with Gasteiger partial charge in [-0.15, -0.1) is 11.3 Å². The molecule has 7 heteroatoms. The van der Waals surface area contributed by atoms with Crippen molar-refractivity contribution >= 4 is 23.1 Å². The number of carbonyl (C=O) groups is 1. The fourth-order valence-electron chi connectivity index (χ4n) is 3.33. The number of hydrogen-bond acceptors (Lipinski definition) is 6. The van der Waals surface area contributed by atoms with E-state index in [9.17, 15) is 4.79 Å². The Hall–Kier alpha value is -2.80. The molecule has 1 aliphatic rings. The quantitative estimate of drug-likeness (QED) is 0.754. The van der Waals surface area contributed by atoms with Gasteiger partial charge in [0.2, 0.25) is 0 Å². The van der Waals surface area contributed by atoms with Gasteiger partial charge >= 0.3 is 0 Å². The summed E-state index contributed by atoms with van der Waals surface area (Å²) in [4.78, 5) is 29.0. The smallest absolute Gasteiger partial charge is 0.253 e. The second-order valence-electron chi connectivity index (χ2n) is 6.67. The average Bonchev–Trinajstić information content (AvgIpc) is 3.11. The number of aromatic nitrogens is 3. The molecule has 4 rings (SSSR count). The normalized spacial score (nSPS) is 13.3. The second-order valence-corrected chi connectivity index (χ2v) is 7.99. The first kappa shape index (κ1) is 17.6. The molecule has 1 N–H and O–H groups in total. The van der Waals surface area contributed by atoms with Gasteiger partial charge in [0.15, 0.2) is 0 Å². The Morgan fingerprint density at radius 1 is 1.26 bits per heavy atom. The Morgan fingerprint density at radius 2 is 2.15 bits per heavy atom. The molecule has 3 aromatic heterocycles. The van der Waals surface area contributed by atoms with E-state index in [1.54, 1.807) is 23.7 Å². The minimum Gasteiger partial charge on any atom is -0.352 e. The van der Waals surface area contributed by atoms with Crippen LogP contribution < -0.4 is 10.2 Å². The minimum absolute atomic E-state index is 0.114. The SMILES string of the molecule is Cc1ncc(CNC(=O)c2cnc(N3CCc4ncccc4C3)c(C)c2)s1. The largest absolute Gasteiger partial charge is 0.352 e. The maximum atomic E-state index is 12.4. The van der Waals surface area contributed by atoms with Crippen LogP contribution in [-0.2, 0) is 19.5 Å². The molecule has 3 aromatic rings. The van der Waals surface area contributed by atoms with Gasteiger partial charge in [-0.2, -0.15) is 0 Å². The number of anilines is 1. The number of rotatable bonds is 4. The lowest BCUT2D eigenvalue weighted by Crippen LogP contribution is -2.32. The summed E-state index contributed by atoms with van der Waals surface area (Å²) in [5, 5.41) is 3.94. The maximum Gasteiger partial charge on any atom is 0.253 e. The van der Waals surface area contributed by atoms with Gasteiger partial charge in [-0.1, -0.05) is 6.07 Å². The van der Waals surface area contributed by atoms with Gasteiger partial charge in [-0.3, -0.25) is 9.78 Å². The Morgan fingerprint density at radius 3 is 2.93 bits per heavy atom. The number of pyridine rings is 2. The number of nitrogens with zero attached hydrogens (tertiary/aromatic N) is 4. The van der Waals surface area contributed by atoms with Crippen LogP contribution >= 0.6 is 11.3 Å². The molecule has 27 heavy (non-hydrogen) atoms. The van der Waals surface area contributed by atoms with E-state index < -0.39 is 0 Å². The van der Waals surface area contributed by atoms with Gasteiger partial charge in [0.25, 0.3) is 5.91 Å². The monoisotopic (exact) mass is 379 g/mol. The molecule has 4 heterocycles. The third-order valence-corrected chi connectivity index (χ3v) is 5.58. The number of carbonyl (C=O) groups excluding carboxylic acids is 1. The van der Waals surface area contributed by atoms with E-state index in [0.717, 1.165) is 40.8 Å². The fraction of sp³-hybridized carbons (Fsp3) is 0.300. The molecule has 0 saturated heterocycles. The number of hydrogen-bond donors (Lipinski definition) is 1. The molecular formula is C20H21N5OS. The molecular weight excluding hydrogens is 358 g/mol. The van der Waals surface area contributed by atoms with Crippen molar-refractivity contribution in [2.45, 2.75) is 33.4 Å². The molecule has 138 valence electrons. The number of amides is 1. The zero-order valence-corrected chi connectivity index (χ0v) is 16.2. The summed E-state index contributed by atoms with van der Waals surface area (Å²) in [5.74, 6) is 0.815. The van der Waals surface area contributed by atoms with Crippen molar-refractivity contribution < 1.29 is 4.79 Å². The minimum atomic E-state index is -0.114. The van der Waals surface area contributed by atoms with E-state index in [1.807, 2.05) is 32.2 Å². The summed E-state index contributed by atoms with van der Waals surface area (Å²) in [6.07, 6.45) is 6.22. The number of nitrogens with one attached hydrogen (secondary N) is 1. The van der Waals surface area contributed by atoms with Gasteiger partial charge < -0.3 is 10.2 Å². The topological polar surface area (TPSA) is 71.0 Å². The number of thiazole rings is 1. The van der Waals surface area contributed by atoms with Crippen molar-refractivity contribution in [2.24, 2.45) is 0 Å². The van der Waals surface area contributed by atoms with E-state index in [1.165, 1.54) is 11.3 Å². The van der Waals surface area contributed by atoms with Gasteiger partial charge in [-0.25, -0.2) is 9.97 Å². The lowest BCUT2D eigenvalue weighted by atomic mass is 10.0. The van der Waals surface area contributed by atoms with E-state index in [2.05, 4.69) is 31.2 Å². The van der Waals surface area contributed by atoms with Crippen LogP contribution in [0.4, 0.5) is 5.82 Å². The summed E-state index contributed by atoms with van der Waals surface area (Å²) < 4.78 is 0. The fourth-order valence-corrected chi connectivity index (χ4v) is 4.06. The summed E-state index contributed by atoms with van der Waals surface area (Å²) >= 11 is 1.59. The van der Waals surface area contributed by atoms with Crippen LogP contribution in [0.2, 0.25) is 0 Å². The standard InChI is InChI=1S/C20H21N5OS/c1-13-8-16(20(26)24-11-17-10-22-14(2)27-17)9-23-19(13)25-7-5-18-15(12-25)4-3-6-21-18/h3-4,6,8-10H,5,7,11-12H2,1-2H3,(H,24,26). The summed E-state index contributed by atoms with van der Waals surface area (Å²) in [6, 6.07) is 6.00. The van der Waals surface area contributed by atoms with Gasteiger partial charge in [0.05, 0.1) is 17.1 Å². The molecule has 1 amide bonds. The van der Waals surface area contributed by atoms with E-state index >= 15 is 0 Å². The molecule has 0 unspecified atom stereocenters. The highest BCUT2D eigenvalue weighted by Gasteiger charge is 2.20. The van der Waals surface area contributed by atoms with Crippen LogP contribution in [-0.4, -0.2) is 27.4 Å². The Bertz CT molecular complexity index is 984. The molecule has 0 aromatic carbocycles. The third kappa shape index (κ3) is 3.83. The van der Waals surface area contributed by atoms with Crippen LogP contribution in [0.3, 0.4) is 0 Å². The predicted octanol–water partition coefficient (Wildman–Crippen LogP) is 3.04. The molecule has 0 radical (unpaired) electrons. The van der Waals surface area contributed by atoms with Crippen LogP contribution in [0.25, 0.3) is 0 Å². The summed E-state index contributed by atoms with van der Waals surface area (Å²) in [5.41, 5.74) is 3.99. The Kier molecular flexibility index (Phi) is 4.85. The molecule has 0 atom stereocenters. The molecule has 0 fully saturated rings. The highest BCUT2D eigenvalue weighted by molar-refractivity contribution is 7.11. The van der Waals surface area contributed by atoms with E-state index in [4.69, 9.17) is 0 Å². The highest BCUT2D eigenvalue weighted by Crippen LogP contribution is 2.25. The van der Waals surface area contributed by atoms with Gasteiger partial charge in [0.1, 0.15) is 5.82 Å². The van der Waals surface area contributed by atoms with E-state index in [-0.39, 0.29) is 5.91 Å². The van der Waals surface area contributed by atoms with Crippen molar-refractivity contribution in [1.29, 1.82) is 0 Å². The zero-order chi connectivity index (χ0) is 18.8. The summed E-state index contributed by atoms with van der Waals surface area (Å²) in [6.45, 7) is 6.13. The van der Waals surface area contributed by atoms with Crippen LogP contribution in [0.1, 0.15) is 37.1 Å². The first-order valence-corrected chi connectivity index (χ1v) is 9.75. The van der Waals surface area contributed by atoms with Crippen LogP contribution in [0, 0.1) is 13.8 Å². The average molecular weight is 379 g/mol. The number of aryl methyl sites for hydroxylation is 2. The van der Waals surface area contributed by atoms with Gasteiger partial charge in [0, 0.05) is 48.7 Å². The Labute approximate surface area is 162 Å². The van der Waals surface area contributed by atoms with E-state index in [0.29, 0.717) is 12.1 Å². The van der Waals surface area contributed by atoms with Crippen molar-refractivity contribution in [1.82, 2.24) is 20.3 Å². The molecule has 6 nitrogen and oxygen atoms in total. The van der Waals surface area contributed by atoms with Crippen LogP contribution in [0.15, 0.2) is 36.8 Å². The number of fused-ring (bicyclic) bond motifs is 1. The lowest BCUT2D eigenvalue weighted by molar-refractivity contribution is 0.0951. The van der Waals surface area contributed by atoms with Crippen LogP contribution in [0.5, 0.6) is 0 Å². The van der Waals surface area contributed by atoms with Crippen molar-refractivity contribution in [3.63, 3.8) is 0 Å². The van der Waals surface area contributed by atoms with Crippen molar-refractivity contribution in [2.75, 3.05) is 11.4 Å². The first-order valence-electron chi connectivity index (χ1n) is 8.94. The second kappa shape index (κ2) is 7.44. The molecule has 1 aliphatic heterocycles. The third-order valence-electron chi connectivity index (χ3n) is 4.67. The summed E-state index contributed by atoms with van der Waals surface area (Å²) in [7, 11) is 0. The highest BCUT2D eigenvalue weighted by atomic mass is 32.1. The first-order chi connectivity index (χ1) is 13.1. The lowest BCUT2D eigenvalue weighted by Gasteiger charge is -2.30. The molecule has 0 bridgehead atoms. The molecule has 0 spiro atoms. The Balaban J connectivity index is 1.45. The zero-order valence-electron chi connectivity index (χ0n) is 15.4. The van der Waals surface area contributed by atoms with Crippen molar-refractivity contribution in [3.8, 4) is 0 Å². The maximum absolute atomic E-state index is 12.4. The van der Waals surface area contributed by atoms with Gasteiger partial charge in [-0.05, 0) is 37.1 Å². The molecule has 0 saturated carbocycles.